The Morgan fingerprint density at radius 1 is 1.50 bits per heavy atom. The lowest BCUT2D eigenvalue weighted by Crippen LogP contribution is -2.21. The number of likely N-dealkylation sites (N-methyl/N-ethyl adjacent to an activating group) is 1. The van der Waals surface area contributed by atoms with Crippen LogP contribution in [0.25, 0.3) is 0 Å². The second-order valence-corrected chi connectivity index (χ2v) is 5.30. The van der Waals surface area contributed by atoms with E-state index in [1.165, 1.54) is 5.56 Å². The van der Waals surface area contributed by atoms with Gasteiger partial charge in [0.25, 0.3) is 0 Å². The summed E-state index contributed by atoms with van der Waals surface area (Å²) in [6.07, 6.45) is 3.20. The Balaban J connectivity index is 1.92. The summed E-state index contributed by atoms with van der Waals surface area (Å²) in [4.78, 5) is 0. The summed E-state index contributed by atoms with van der Waals surface area (Å²) in [7, 11) is 0. The molecule has 0 saturated heterocycles. The van der Waals surface area contributed by atoms with E-state index in [1.54, 1.807) is 0 Å². The first-order valence-electron chi connectivity index (χ1n) is 6.47. The number of rotatable bonds is 7. The molecule has 0 amide bonds. The molecule has 0 aromatic heterocycles. The lowest BCUT2D eigenvalue weighted by atomic mass is 10.1. The highest BCUT2D eigenvalue weighted by molar-refractivity contribution is 7.98. The Labute approximate surface area is 113 Å². The van der Waals surface area contributed by atoms with Gasteiger partial charge in [0.05, 0.1) is 12.6 Å². The fourth-order valence-corrected chi connectivity index (χ4v) is 2.50. The Hall–Kier alpha value is -0.870. The number of benzene rings is 1. The van der Waals surface area contributed by atoms with Crippen molar-refractivity contribution in [3.05, 3.63) is 23.8 Å². The van der Waals surface area contributed by atoms with Crippen molar-refractivity contribution in [2.24, 2.45) is 0 Å². The van der Waals surface area contributed by atoms with Gasteiger partial charge in [-0.2, -0.15) is 11.8 Å². The molecule has 0 saturated carbocycles. The van der Waals surface area contributed by atoms with E-state index in [4.69, 9.17) is 9.47 Å². The minimum absolute atomic E-state index is 0.329. The fraction of sp³-hybridized carbons (Fsp3) is 0.571. The van der Waals surface area contributed by atoms with Crippen LogP contribution in [0, 0.1) is 0 Å². The average molecular weight is 267 g/mol. The molecule has 100 valence electrons. The maximum Gasteiger partial charge on any atom is 0.127 e. The van der Waals surface area contributed by atoms with Crippen molar-refractivity contribution < 1.29 is 9.47 Å². The Morgan fingerprint density at radius 2 is 2.39 bits per heavy atom. The molecule has 18 heavy (non-hydrogen) atoms. The van der Waals surface area contributed by atoms with Gasteiger partial charge >= 0.3 is 0 Å². The molecule has 1 aliphatic heterocycles. The summed E-state index contributed by atoms with van der Waals surface area (Å²) in [6, 6.07) is 6.48. The van der Waals surface area contributed by atoms with E-state index in [1.807, 2.05) is 23.9 Å². The lowest BCUT2D eigenvalue weighted by Gasteiger charge is -2.10. The van der Waals surface area contributed by atoms with E-state index < -0.39 is 0 Å². The molecule has 0 fully saturated rings. The van der Waals surface area contributed by atoms with Crippen LogP contribution in [0.15, 0.2) is 18.2 Å². The van der Waals surface area contributed by atoms with E-state index in [9.17, 15) is 0 Å². The van der Waals surface area contributed by atoms with Crippen LogP contribution in [0.5, 0.6) is 11.5 Å². The van der Waals surface area contributed by atoms with Crippen LogP contribution in [0.2, 0.25) is 0 Å². The smallest absolute Gasteiger partial charge is 0.127 e. The number of nitrogens with one attached hydrogen (secondary N) is 1. The average Bonchev–Trinajstić information content (AvgIpc) is 2.78. The summed E-state index contributed by atoms with van der Waals surface area (Å²) in [6.45, 7) is 4.57. The van der Waals surface area contributed by atoms with Gasteiger partial charge < -0.3 is 14.8 Å². The Morgan fingerprint density at radius 3 is 3.17 bits per heavy atom. The minimum Gasteiger partial charge on any atom is -0.493 e. The molecule has 1 atom stereocenters. The van der Waals surface area contributed by atoms with Crippen LogP contribution in [0.3, 0.4) is 0 Å². The van der Waals surface area contributed by atoms with Crippen LogP contribution in [-0.2, 0) is 0 Å². The molecule has 4 heteroatoms. The maximum atomic E-state index is 5.71. The minimum atomic E-state index is 0.329. The summed E-state index contributed by atoms with van der Waals surface area (Å²) < 4.78 is 11.4. The largest absolute Gasteiger partial charge is 0.493 e. The van der Waals surface area contributed by atoms with Gasteiger partial charge in [0.15, 0.2) is 0 Å². The third-order valence-electron chi connectivity index (χ3n) is 2.98. The van der Waals surface area contributed by atoms with Crippen LogP contribution in [0.1, 0.15) is 24.9 Å². The van der Waals surface area contributed by atoms with Crippen LogP contribution < -0.4 is 14.8 Å². The molecular weight excluding hydrogens is 246 g/mol. The molecule has 0 aliphatic carbocycles. The van der Waals surface area contributed by atoms with Gasteiger partial charge in [-0.1, -0.05) is 6.92 Å². The van der Waals surface area contributed by atoms with Crippen molar-refractivity contribution in [2.45, 2.75) is 19.4 Å². The highest BCUT2D eigenvalue weighted by Gasteiger charge is 2.23. The first kappa shape index (κ1) is 13.6. The number of thioether (sulfide) groups is 1. The molecule has 2 rings (SSSR count). The zero-order valence-corrected chi connectivity index (χ0v) is 11.9. The molecule has 1 N–H and O–H groups in total. The summed E-state index contributed by atoms with van der Waals surface area (Å²) in [5.41, 5.74) is 1.24. The van der Waals surface area contributed by atoms with E-state index in [0.717, 1.165) is 43.4 Å². The van der Waals surface area contributed by atoms with Crippen molar-refractivity contribution in [1.82, 2.24) is 5.32 Å². The third kappa shape index (κ3) is 3.33. The van der Waals surface area contributed by atoms with Crippen molar-refractivity contribution in [3.8, 4) is 11.5 Å². The molecular formula is C14H21NO2S. The lowest BCUT2D eigenvalue weighted by molar-refractivity contribution is 0.304. The second-order valence-electron chi connectivity index (χ2n) is 4.32. The number of fused-ring (bicyclic) bond motifs is 1. The van der Waals surface area contributed by atoms with Gasteiger partial charge in [0.1, 0.15) is 18.1 Å². The number of hydrogen-bond acceptors (Lipinski definition) is 4. The molecule has 1 aromatic rings. The summed E-state index contributed by atoms with van der Waals surface area (Å²) in [5, 5.41) is 3.41. The van der Waals surface area contributed by atoms with Gasteiger partial charge in [-0.3, -0.25) is 0 Å². The van der Waals surface area contributed by atoms with Gasteiger partial charge in [-0.25, -0.2) is 0 Å². The van der Waals surface area contributed by atoms with Crippen molar-refractivity contribution in [1.29, 1.82) is 0 Å². The zero-order chi connectivity index (χ0) is 12.8. The molecule has 1 aliphatic rings. The van der Waals surface area contributed by atoms with Crippen LogP contribution >= 0.6 is 11.8 Å². The van der Waals surface area contributed by atoms with Crippen LogP contribution in [0.4, 0.5) is 0 Å². The topological polar surface area (TPSA) is 30.5 Å². The second kappa shape index (κ2) is 6.90. The number of ether oxygens (including phenoxy) is 2. The predicted octanol–water partition coefficient (Wildman–Crippen LogP) is 2.86. The van der Waals surface area contributed by atoms with Gasteiger partial charge in [-0.05, 0) is 37.1 Å². The van der Waals surface area contributed by atoms with Crippen molar-refractivity contribution >= 4 is 11.8 Å². The molecule has 1 unspecified atom stereocenters. The maximum absolute atomic E-state index is 5.71. The third-order valence-corrected chi connectivity index (χ3v) is 3.67. The summed E-state index contributed by atoms with van der Waals surface area (Å²) in [5.74, 6) is 3.01. The SMILES string of the molecule is CCNC1COc2cc(OCCCSC)ccc21. The summed E-state index contributed by atoms with van der Waals surface area (Å²) >= 11 is 1.85. The molecule has 1 heterocycles. The van der Waals surface area contributed by atoms with Gasteiger partial charge in [0, 0.05) is 11.6 Å². The molecule has 1 aromatic carbocycles. The van der Waals surface area contributed by atoms with Crippen molar-refractivity contribution in [2.75, 3.05) is 31.8 Å². The number of hydrogen-bond donors (Lipinski definition) is 1. The van der Waals surface area contributed by atoms with Crippen LogP contribution in [-0.4, -0.2) is 31.8 Å². The van der Waals surface area contributed by atoms with E-state index in [0.29, 0.717) is 6.04 Å². The normalized spacial score (nSPS) is 17.3. The van der Waals surface area contributed by atoms with E-state index >= 15 is 0 Å². The first-order chi connectivity index (χ1) is 8.85. The quantitative estimate of drug-likeness (QED) is 0.770. The van der Waals surface area contributed by atoms with Crippen molar-refractivity contribution in [3.63, 3.8) is 0 Å². The fourth-order valence-electron chi connectivity index (χ4n) is 2.09. The molecule has 0 bridgehead atoms. The monoisotopic (exact) mass is 267 g/mol. The molecule has 3 nitrogen and oxygen atoms in total. The van der Waals surface area contributed by atoms with E-state index in [2.05, 4.69) is 24.6 Å². The van der Waals surface area contributed by atoms with E-state index in [-0.39, 0.29) is 0 Å². The predicted molar refractivity (Wildman–Crippen MR) is 76.8 cm³/mol. The Bertz CT molecular complexity index is 384. The molecule has 0 spiro atoms. The highest BCUT2D eigenvalue weighted by atomic mass is 32.2. The first-order valence-corrected chi connectivity index (χ1v) is 7.86. The van der Waals surface area contributed by atoms with Gasteiger partial charge in [0.2, 0.25) is 0 Å². The standard InChI is InChI=1S/C14H21NO2S/c1-3-15-13-10-17-14-9-11(5-6-12(13)14)16-7-4-8-18-2/h5-6,9,13,15H,3-4,7-8,10H2,1-2H3. The highest BCUT2D eigenvalue weighted by Crippen LogP contribution is 2.35. The molecule has 0 radical (unpaired) electrons. The Kier molecular flexibility index (Phi) is 5.20. The zero-order valence-electron chi connectivity index (χ0n) is 11.1. The van der Waals surface area contributed by atoms with Gasteiger partial charge in [-0.15, -0.1) is 0 Å².